The van der Waals surface area contributed by atoms with Crippen molar-refractivity contribution >= 4 is 11.9 Å². The molecule has 1 aliphatic heterocycles. The smallest absolute Gasteiger partial charge is 0.314 e. The number of aryl methyl sites for hydroxylation is 1. The predicted octanol–water partition coefficient (Wildman–Crippen LogP) is 2.22. The maximum atomic E-state index is 13.6. The normalized spacial score (nSPS) is 17.1. The van der Waals surface area contributed by atoms with Crippen molar-refractivity contribution in [3.05, 3.63) is 34.9 Å². The van der Waals surface area contributed by atoms with Crippen molar-refractivity contribution in [1.29, 1.82) is 0 Å². The van der Waals surface area contributed by atoms with E-state index in [-0.39, 0.29) is 18.4 Å². The van der Waals surface area contributed by atoms with E-state index in [1.165, 1.54) is 12.1 Å². The molecule has 1 aromatic carbocycles. The second-order valence-corrected chi connectivity index (χ2v) is 4.09. The molecule has 3 nitrogen and oxygen atoms in total. The van der Waals surface area contributed by atoms with Crippen molar-refractivity contribution in [2.75, 3.05) is 0 Å². The van der Waals surface area contributed by atoms with Gasteiger partial charge in [0.05, 0.1) is 12.8 Å². The minimum atomic E-state index is -0.774. The van der Waals surface area contributed by atoms with Crippen LogP contribution in [0.3, 0.4) is 0 Å². The highest BCUT2D eigenvalue weighted by atomic mass is 19.1. The largest absolute Gasteiger partial charge is 0.393 e. The molecule has 0 atom stereocenters. The van der Waals surface area contributed by atoms with Gasteiger partial charge in [-0.1, -0.05) is 0 Å². The van der Waals surface area contributed by atoms with E-state index in [1.807, 2.05) is 0 Å². The average molecular weight is 240 g/mol. The van der Waals surface area contributed by atoms with Crippen molar-refractivity contribution in [2.24, 2.45) is 0 Å². The van der Waals surface area contributed by atoms with Crippen LogP contribution in [0.25, 0.3) is 0 Å². The van der Waals surface area contributed by atoms with E-state index in [0.717, 1.165) is 0 Å². The lowest BCUT2D eigenvalue weighted by Gasteiger charge is -2.21. The second kappa shape index (κ2) is 4.24. The first-order chi connectivity index (χ1) is 7.97. The third kappa shape index (κ3) is 2.33. The number of esters is 2. The lowest BCUT2D eigenvalue weighted by molar-refractivity contribution is -0.163. The van der Waals surface area contributed by atoms with Crippen LogP contribution in [-0.4, -0.2) is 11.9 Å². The maximum absolute atomic E-state index is 13.6. The molecule has 0 saturated carbocycles. The van der Waals surface area contributed by atoms with Gasteiger partial charge in [-0.05, 0) is 24.6 Å². The molecule has 0 aromatic heterocycles. The van der Waals surface area contributed by atoms with Crippen LogP contribution >= 0.6 is 0 Å². The molecular weight excluding hydrogens is 230 g/mol. The van der Waals surface area contributed by atoms with Gasteiger partial charge in [0.1, 0.15) is 11.6 Å². The summed E-state index contributed by atoms with van der Waals surface area (Å²) >= 11 is 0. The van der Waals surface area contributed by atoms with Crippen LogP contribution in [0, 0.1) is 18.6 Å². The lowest BCUT2D eigenvalue weighted by atomic mass is 9.89. The van der Waals surface area contributed by atoms with Crippen LogP contribution in [0.4, 0.5) is 8.78 Å². The summed E-state index contributed by atoms with van der Waals surface area (Å²) in [5.74, 6) is -3.72. The highest BCUT2D eigenvalue weighted by molar-refractivity contribution is 5.89. The average Bonchev–Trinajstić information content (AvgIpc) is 2.13. The van der Waals surface area contributed by atoms with Crippen LogP contribution in [0.1, 0.15) is 29.9 Å². The van der Waals surface area contributed by atoms with Crippen molar-refractivity contribution in [3.8, 4) is 0 Å². The Morgan fingerprint density at radius 1 is 1.12 bits per heavy atom. The van der Waals surface area contributed by atoms with Gasteiger partial charge in [0.15, 0.2) is 0 Å². The first kappa shape index (κ1) is 11.7. The number of ether oxygens (including phenoxy) is 1. The van der Waals surface area contributed by atoms with Gasteiger partial charge in [-0.2, -0.15) is 0 Å². The highest BCUT2D eigenvalue weighted by Crippen LogP contribution is 2.32. The lowest BCUT2D eigenvalue weighted by Crippen LogP contribution is -2.25. The molecule has 1 heterocycles. The first-order valence-corrected chi connectivity index (χ1v) is 5.16. The van der Waals surface area contributed by atoms with Gasteiger partial charge in [0, 0.05) is 11.5 Å². The van der Waals surface area contributed by atoms with E-state index >= 15 is 0 Å². The van der Waals surface area contributed by atoms with Crippen molar-refractivity contribution < 1.29 is 23.1 Å². The van der Waals surface area contributed by atoms with Gasteiger partial charge >= 0.3 is 11.9 Å². The monoisotopic (exact) mass is 240 g/mol. The van der Waals surface area contributed by atoms with Crippen molar-refractivity contribution in [3.63, 3.8) is 0 Å². The zero-order chi connectivity index (χ0) is 12.6. The fourth-order valence-electron chi connectivity index (χ4n) is 1.99. The number of hydrogen-bond acceptors (Lipinski definition) is 3. The number of carbonyl (C=O) groups is 2. The van der Waals surface area contributed by atoms with Crippen LogP contribution in [-0.2, 0) is 14.3 Å². The molecule has 0 unspecified atom stereocenters. The molecule has 17 heavy (non-hydrogen) atoms. The molecule has 1 aliphatic rings. The number of benzene rings is 1. The summed E-state index contributed by atoms with van der Waals surface area (Å²) < 4.78 is 31.6. The summed E-state index contributed by atoms with van der Waals surface area (Å²) in [6, 6.07) is 2.37. The minimum Gasteiger partial charge on any atom is -0.393 e. The summed E-state index contributed by atoms with van der Waals surface area (Å²) in [5.41, 5.74) is 0.245. The van der Waals surface area contributed by atoms with E-state index in [2.05, 4.69) is 4.74 Å². The Morgan fingerprint density at radius 2 is 1.59 bits per heavy atom. The summed E-state index contributed by atoms with van der Waals surface area (Å²) in [7, 11) is 0. The summed E-state index contributed by atoms with van der Waals surface area (Å²) in [6.07, 6.45) is -0.356. The molecule has 0 aliphatic carbocycles. The van der Waals surface area contributed by atoms with Gasteiger partial charge in [-0.25, -0.2) is 8.78 Å². The zero-order valence-corrected chi connectivity index (χ0v) is 9.13. The molecule has 90 valence electrons. The van der Waals surface area contributed by atoms with Crippen LogP contribution in [0.2, 0.25) is 0 Å². The Labute approximate surface area is 96.4 Å². The van der Waals surface area contributed by atoms with Gasteiger partial charge in [0.25, 0.3) is 0 Å². The van der Waals surface area contributed by atoms with Gasteiger partial charge in [-0.3, -0.25) is 9.59 Å². The molecule has 0 radical (unpaired) electrons. The Morgan fingerprint density at radius 3 is 2.06 bits per heavy atom. The summed E-state index contributed by atoms with van der Waals surface area (Å²) in [5, 5.41) is 0. The molecule has 0 amide bonds. The fourth-order valence-corrected chi connectivity index (χ4v) is 1.99. The molecule has 1 saturated heterocycles. The van der Waals surface area contributed by atoms with Crippen molar-refractivity contribution in [2.45, 2.75) is 25.7 Å². The molecule has 5 heteroatoms. The summed E-state index contributed by atoms with van der Waals surface area (Å²) in [4.78, 5) is 22.1. The molecule has 0 spiro atoms. The van der Waals surface area contributed by atoms with Crippen molar-refractivity contribution in [1.82, 2.24) is 0 Å². The Hall–Kier alpha value is -1.78. The number of cyclic esters (lactones) is 2. The second-order valence-electron chi connectivity index (χ2n) is 4.09. The zero-order valence-electron chi connectivity index (χ0n) is 9.13. The van der Waals surface area contributed by atoms with E-state index in [0.29, 0.717) is 5.56 Å². The predicted molar refractivity (Wildman–Crippen MR) is 54.2 cm³/mol. The summed E-state index contributed by atoms with van der Waals surface area (Å²) in [6.45, 7) is 1.57. The molecule has 0 bridgehead atoms. The van der Waals surface area contributed by atoms with E-state index in [9.17, 15) is 18.4 Å². The topological polar surface area (TPSA) is 43.4 Å². The molecular formula is C12H10F2O3. The van der Waals surface area contributed by atoms with E-state index < -0.39 is 29.5 Å². The molecule has 1 fully saturated rings. The number of hydrogen-bond donors (Lipinski definition) is 0. The number of halogens is 2. The molecule has 1 aromatic rings. The SMILES string of the molecule is Cc1cc(F)c(C2CC(=O)OC(=O)C2)c(F)c1. The number of carbonyl (C=O) groups excluding carboxylic acids is 2. The highest BCUT2D eigenvalue weighted by Gasteiger charge is 2.32. The van der Waals surface area contributed by atoms with Gasteiger partial charge in [-0.15, -0.1) is 0 Å². The van der Waals surface area contributed by atoms with Crippen LogP contribution < -0.4 is 0 Å². The van der Waals surface area contributed by atoms with Crippen LogP contribution in [0.5, 0.6) is 0 Å². The molecule has 2 rings (SSSR count). The third-order valence-corrected chi connectivity index (χ3v) is 2.69. The van der Waals surface area contributed by atoms with E-state index in [1.54, 1.807) is 6.92 Å². The Balaban J connectivity index is 2.40. The van der Waals surface area contributed by atoms with Gasteiger partial charge < -0.3 is 4.74 Å². The van der Waals surface area contributed by atoms with Gasteiger partial charge in [0.2, 0.25) is 0 Å². The standard InChI is InChI=1S/C12H10F2O3/c1-6-2-8(13)12(9(14)3-6)7-4-10(15)17-11(16)5-7/h2-3,7H,4-5H2,1H3. The van der Waals surface area contributed by atoms with Crippen LogP contribution in [0.15, 0.2) is 12.1 Å². The first-order valence-electron chi connectivity index (χ1n) is 5.16. The molecule has 0 N–H and O–H groups in total. The maximum Gasteiger partial charge on any atom is 0.314 e. The Bertz CT molecular complexity index is 458. The fraction of sp³-hybridized carbons (Fsp3) is 0.333. The third-order valence-electron chi connectivity index (χ3n) is 2.69. The minimum absolute atomic E-state index is 0.178. The number of rotatable bonds is 1. The Kier molecular flexibility index (Phi) is 2.92. The quantitative estimate of drug-likeness (QED) is 0.558. The van der Waals surface area contributed by atoms with E-state index in [4.69, 9.17) is 0 Å².